The molecule has 1 aliphatic heterocycles. The number of ether oxygens (including phenoxy) is 3. The zero-order valence-electron chi connectivity index (χ0n) is 25.3. The first-order chi connectivity index (χ1) is 21.3. The number of hydrogen-bond donors (Lipinski definition) is 0. The number of fused-ring (bicyclic) bond motifs is 4. The van der Waals surface area contributed by atoms with Crippen LogP contribution in [-0.2, 0) is 27.1 Å². The fourth-order valence-corrected chi connectivity index (χ4v) is 6.97. The molecular formula is C38H36FNO4. The minimum Gasteiger partial charge on any atom is -0.488 e. The van der Waals surface area contributed by atoms with Gasteiger partial charge in [0.2, 0.25) is 0 Å². The van der Waals surface area contributed by atoms with Crippen LogP contribution in [0.5, 0.6) is 5.75 Å². The average molecular weight is 590 g/mol. The van der Waals surface area contributed by atoms with Crippen molar-refractivity contribution >= 4 is 16.9 Å². The maximum absolute atomic E-state index is 14.1. The van der Waals surface area contributed by atoms with E-state index in [-0.39, 0.29) is 23.1 Å². The maximum Gasteiger partial charge on any atom is 0.338 e. The van der Waals surface area contributed by atoms with E-state index in [4.69, 9.17) is 14.2 Å². The lowest BCUT2D eigenvalue weighted by Crippen LogP contribution is -2.50. The van der Waals surface area contributed by atoms with E-state index < -0.39 is 5.60 Å². The number of carbonyl (C=O) groups is 1. The molecule has 0 atom stereocenters. The summed E-state index contributed by atoms with van der Waals surface area (Å²) >= 11 is 0. The van der Waals surface area contributed by atoms with Crippen LogP contribution in [-0.4, -0.2) is 23.8 Å². The smallest absolute Gasteiger partial charge is 0.338 e. The SMILES string of the molecule is CCOC(=O)c1ccc([C@H]2C[C@]3(C2)OCC(C)(C)c2c3c3c(OCc4ccccc4)cccc3n2-c2ccc(F)cc2)cc1. The molecule has 0 N–H and O–H groups in total. The van der Waals surface area contributed by atoms with Gasteiger partial charge in [-0.25, -0.2) is 9.18 Å². The van der Waals surface area contributed by atoms with E-state index in [2.05, 4.69) is 36.6 Å². The Balaban J connectivity index is 1.34. The molecule has 1 fully saturated rings. The van der Waals surface area contributed by atoms with Crippen LogP contribution in [0.2, 0.25) is 0 Å². The lowest BCUT2D eigenvalue weighted by atomic mass is 9.61. The van der Waals surface area contributed by atoms with E-state index in [1.165, 1.54) is 23.4 Å². The second-order valence-corrected chi connectivity index (χ2v) is 12.6. The number of carbonyl (C=O) groups excluding carboxylic acids is 1. The number of rotatable bonds is 7. The highest BCUT2D eigenvalue weighted by Gasteiger charge is 2.55. The summed E-state index contributed by atoms with van der Waals surface area (Å²) in [5.41, 5.74) is 6.31. The van der Waals surface area contributed by atoms with Gasteiger partial charge in [-0.2, -0.15) is 0 Å². The first-order valence-electron chi connectivity index (χ1n) is 15.3. The summed E-state index contributed by atoms with van der Waals surface area (Å²) in [5.74, 6) is 0.525. The average Bonchev–Trinajstić information content (AvgIpc) is 3.38. The molecule has 7 rings (SSSR count). The van der Waals surface area contributed by atoms with Crippen molar-refractivity contribution in [3.8, 4) is 11.4 Å². The van der Waals surface area contributed by atoms with Gasteiger partial charge in [-0.3, -0.25) is 0 Å². The lowest BCUT2D eigenvalue weighted by Gasteiger charge is -2.53. The van der Waals surface area contributed by atoms with Crippen molar-refractivity contribution in [2.75, 3.05) is 13.2 Å². The Morgan fingerprint density at radius 1 is 0.932 bits per heavy atom. The van der Waals surface area contributed by atoms with Gasteiger partial charge in [0.15, 0.2) is 0 Å². The van der Waals surface area contributed by atoms with Crippen LogP contribution < -0.4 is 4.74 Å². The van der Waals surface area contributed by atoms with Gasteiger partial charge in [-0.1, -0.05) is 62.4 Å². The van der Waals surface area contributed by atoms with Crippen molar-refractivity contribution in [1.82, 2.24) is 4.57 Å². The monoisotopic (exact) mass is 589 g/mol. The molecule has 0 saturated heterocycles. The zero-order valence-corrected chi connectivity index (χ0v) is 25.3. The molecule has 44 heavy (non-hydrogen) atoms. The number of hydrogen-bond acceptors (Lipinski definition) is 4. The highest BCUT2D eigenvalue weighted by molar-refractivity contribution is 5.94. The first kappa shape index (κ1) is 28.4. The number of benzene rings is 4. The third-order valence-corrected chi connectivity index (χ3v) is 9.13. The van der Waals surface area contributed by atoms with Gasteiger partial charge in [-0.05, 0) is 85.3 Å². The third kappa shape index (κ3) is 4.78. The molecule has 0 radical (unpaired) electrons. The Morgan fingerprint density at radius 2 is 1.66 bits per heavy atom. The molecule has 1 aliphatic carbocycles. The van der Waals surface area contributed by atoms with Crippen LogP contribution in [0.3, 0.4) is 0 Å². The van der Waals surface area contributed by atoms with Crippen molar-refractivity contribution in [3.05, 3.63) is 131 Å². The first-order valence-corrected chi connectivity index (χ1v) is 15.3. The van der Waals surface area contributed by atoms with Crippen LogP contribution in [0.4, 0.5) is 4.39 Å². The molecule has 1 spiro atoms. The van der Waals surface area contributed by atoms with Crippen LogP contribution in [0.25, 0.3) is 16.6 Å². The quantitative estimate of drug-likeness (QED) is 0.178. The number of halogens is 1. The molecule has 6 heteroatoms. The van der Waals surface area contributed by atoms with E-state index in [1.54, 1.807) is 0 Å². The molecule has 1 saturated carbocycles. The zero-order chi connectivity index (χ0) is 30.5. The van der Waals surface area contributed by atoms with E-state index in [0.29, 0.717) is 25.4 Å². The van der Waals surface area contributed by atoms with Crippen LogP contribution in [0.15, 0.2) is 97.1 Å². The van der Waals surface area contributed by atoms with Gasteiger partial charge in [0.05, 0.1) is 29.9 Å². The van der Waals surface area contributed by atoms with Crippen molar-refractivity contribution < 1.29 is 23.4 Å². The van der Waals surface area contributed by atoms with Crippen LogP contribution >= 0.6 is 0 Å². The molecule has 1 aromatic heterocycles. The van der Waals surface area contributed by atoms with Gasteiger partial charge in [0.1, 0.15) is 18.2 Å². The standard InChI is InChI=1S/C38H36FNO4/c1-4-42-36(41)27-15-13-26(14-16-27)28-21-38(22-28)34-33-31(11-8-12-32(33)43-23-25-9-6-5-7-10-25)40(30-19-17-29(39)18-20-30)35(34)37(2,3)24-44-38/h5-20,28H,4,21-24H2,1-3H3/t28-,38+. The summed E-state index contributed by atoms with van der Waals surface area (Å²) in [7, 11) is 0. The second-order valence-electron chi connectivity index (χ2n) is 12.6. The molecule has 0 amide bonds. The molecular weight excluding hydrogens is 553 g/mol. The van der Waals surface area contributed by atoms with Crippen LogP contribution in [0.1, 0.15) is 72.3 Å². The van der Waals surface area contributed by atoms with Crippen molar-refractivity contribution in [1.29, 1.82) is 0 Å². The van der Waals surface area contributed by atoms with E-state index in [0.717, 1.165) is 46.3 Å². The van der Waals surface area contributed by atoms with E-state index >= 15 is 0 Å². The Hall–Kier alpha value is -4.42. The number of aromatic nitrogens is 1. The van der Waals surface area contributed by atoms with Crippen molar-refractivity contribution in [2.45, 2.75) is 57.2 Å². The molecule has 2 heterocycles. The summed E-state index contributed by atoms with van der Waals surface area (Å²) in [5, 5.41) is 1.05. The maximum atomic E-state index is 14.1. The normalized spacial score (nSPS) is 20.2. The Kier molecular flexibility index (Phi) is 7.05. The summed E-state index contributed by atoms with van der Waals surface area (Å²) in [6.07, 6.45) is 1.62. The lowest BCUT2D eigenvalue weighted by molar-refractivity contribution is -0.143. The highest BCUT2D eigenvalue weighted by atomic mass is 19.1. The summed E-state index contributed by atoms with van der Waals surface area (Å²) in [4.78, 5) is 12.2. The molecule has 5 aromatic rings. The molecule has 0 bridgehead atoms. The van der Waals surface area contributed by atoms with Gasteiger partial charge >= 0.3 is 5.97 Å². The largest absolute Gasteiger partial charge is 0.488 e. The van der Waals surface area contributed by atoms with Crippen LogP contribution in [0, 0.1) is 5.82 Å². The number of esters is 1. The minimum absolute atomic E-state index is 0.263. The third-order valence-electron chi connectivity index (χ3n) is 9.13. The van der Waals surface area contributed by atoms with Gasteiger partial charge < -0.3 is 18.8 Å². The Labute approximate surface area is 257 Å². The predicted octanol–water partition coefficient (Wildman–Crippen LogP) is 8.61. The van der Waals surface area contributed by atoms with Crippen molar-refractivity contribution in [3.63, 3.8) is 0 Å². The predicted molar refractivity (Wildman–Crippen MR) is 169 cm³/mol. The van der Waals surface area contributed by atoms with Gasteiger partial charge in [0.25, 0.3) is 0 Å². The Morgan fingerprint density at radius 3 is 2.36 bits per heavy atom. The fraction of sp³-hybridized carbons (Fsp3) is 0.289. The van der Waals surface area contributed by atoms with E-state index in [9.17, 15) is 9.18 Å². The molecule has 2 aliphatic rings. The number of nitrogens with zero attached hydrogens (tertiary/aromatic N) is 1. The van der Waals surface area contributed by atoms with Gasteiger partial charge in [-0.15, -0.1) is 0 Å². The fourth-order valence-electron chi connectivity index (χ4n) is 6.97. The topological polar surface area (TPSA) is 49.7 Å². The van der Waals surface area contributed by atoms with E-state index in [1.807, 2.05) is 73.7 Å². The minimum atomic E-state index is -0.495. The highest BCUT2D eigenvalue weighted by Crippen LogP contribution is 2.61. The second kappa shape index (κ2) is 10.9. The van der Waals surface area contributed by atoms with Crippen molar-refractivity contribution in [2.24, 2.45) is 0 Å². The Bertz CT molecular complexity index is 1820. The van der Waals surface area contributed by atoms with Gasteiger partial charge in [0, 0.05) is 27.7 Å². The summed E-state index contributed by atoms with van der Waals surface area (Å²) in [6.45, 7) is 7.60. The summed E-state index contributed by atoms with van der Waals surface area (Å²) in [6, 6.07) is 30.9. The molecule has 224 valence electrons. The molecule has 0 unspecified atom stereocenters. The summed E-state index contributed by atoms with van der Waals surface area (Å²) < 4.78 is 35.0. The molecule has 4 aromatic carbocycles. The molecule has 5 nitrogen and oxygen atoms in total.